The van der Waals surface area contributed by atoms with Gasteiger partial charge < -0.3 is 14.6 Å². The minimum atomic E-state index is -1.24. The molecule has 1 aromatic heterocycles. The maximum Gasteiger partial charge on any atom is 1.00 e. The zero-order chi connectivity index (χ0) is 12.5. The summed E-state index contributed by atoms with van der Waals surface area (Å²) in [5, 5.41) is 11.0. The number of carboxylic acids is 1. The molecule has 19 heavy (non-hydrogen) atoms. The molecule has 0 bridgehead atoms. The quantitative estimate of drug-likeness (QED) is 0.557. The summed E-state index contributed by atoms with van der Waals surface area (Å²) >= 11 is 0. The normalized spacial score (nSPS) is 18.4. The third kappa shape index (κ3) is 3.24. The molecule has 1 saturated carbocycles. The molecule has 1 aliphatic carbocycles. The molecule has 5 nitrogen and oxygen atoms in total. The van der Waals surface area contributed by atoms with Crippen LogP contribution in [0.5, 0.6) is 0 Å². The van der Waals surface area contributed by atoms with Crippen LogP contribution in [-0.2, 0) is 4.74 Å². The first-order chi connectivity index (χ1) is 8.74. The van der Waals surface area contributed by atoms with E-state index in [0.717, 1.165) is 30.5 Å². The van der Waals surface area contributed by atoms with Crippen LogP contribution < -0.4 is 24.0 Å². The average molecular weight is 252 g/mol. The van der Waals surface area contributed by atoms with Gasteiger partial charge >= 0.3 is 18.9 Å². The summed E-state index contributed by atoms with van der Waals surface area (Å²) in [7, 11) is 0. The Balaban J connectivity index is 0.00000133. The van der Waals surface area contributed by atoms with Crippen molar-refractivity contribution in [3.8, 4) is 0 Å². The van der Waals surface area contributed by atoms with E-state index >= 15 is 0 Å². The number of carbonyl (C=O) groups is 1. The molecule has 0 aromatic carbocycles. The van der Waals surface area contributed by atoms with Crippen LogP contribution in [0.4, 0.5) is 0 Å². The molecule has 0 radical (unpaired) electrons. The second-order valence-electron chi connectivity index (χ2n) is 4.62. The number of ether oxygens (including phenoxy) is 1. The summed E-state index contributed by atoms with van der Waals surface area (Å²) in [6.07, 6.45) is 4.78. The second-order valence-corrected chi connectivity index (χ2v) is 4.62. The van der Waals surface area contributed by atoms with Crippen molar-refractivity contribution in [2.75, 3.05) is 13.2 Å². The van der Waals surface area contributed by atoms with Crippen LogP contribution in [0.3, 0.4) is 0 Å². The number of carboxylic acid groups (broad SMARTS) is 1. The fourth-order valence-corrected chi connectivity index (χ4v) is 2.03. The second kappa shape index (κ2) is 5.87. The molecular formula is C13H13LiN2O3. The standard InChI is InChI=1S/C13H14N2O3.Li/c16-13(17)11-7-10(8-1-2-8)14-12(15-11)9-3-5-18-6-4-9;/h3,7-8H,1-2,4-6H2,(H,16,17);/q;+1/p-1. The van der Waals surface area contributed by atoms with Crippen molar-refractivity contribution in [2.45, 2.75) is 25.2 Å². The van der Waals surface area contributed by atoms with Gasteiger partial charge in [-0.1, -0.05) is 6.08 Å². The summed E-state index contributed by atoms with van der Waals surface area (Å²) in [4.78, 5) is 19.5. The molecular weight excluding hydrogens is 239 g/mol. The predicted molar refractivity (Wildman–Crippen MR) is 61.8 cm³/mol. The van der Waals surface area contributed by atoms with Gasteiger partial charge in [0.2, 0.25) is 0 Å². The Morgan fingerprint density at radius 2 is 2.16 bits per heavy atom. The van der Waals surface area contributed by atoms with Gasteiger partial charge in [0.05, 0.1) is 24.9 Å². The van der Waals surface area contributed by atoms with Gasteiger partial charge in [-0.05, 0) is 30.9 Å². The van der Waals surface area contributed by atoms with E-state index in [9.17, 15) is 9.90 Å². The first-order valence-corrected chi connectivity index (χ1v) is 6.11. The molecule has 2 heterocycles. The molecule has 0 spiro atoms. The first-order valence-electron chi connectivity index (χ1n) is 6.11. The fraction of sp³-hybridized carbons (Fsp3) is 0.462. The maximum atomic E-state index is 11.0. The van der Waals surface area contributed by atoms with Crippen LogP contribution in [0.25, 0.3) is 5.57 Å². The van der Waals surface area contributed by atoms with E-state index in [0.29, 0.717) is 25.0 Å². The number of aromatic carboxylic acids is 1. The van der Waals surface area contributed by atoms with Gasteiger partial charge in [0.25, 0.3) is 0 Å². The molecule has 6 heteroatoms. The monoisotopic (exact) mass is 252 g/mol. The number of hydrogen-bond donors (Lipinski definition) is 0. The van der Waals surface area contributed by atoms with Crippen molar-refractivity contribution in [3.05, 3.63) is 29.4 Å². The average Bonchev–Trinajstić information content (AvgIpc) is 3.23. The van der Waals surface area contributed by atoms with Crippen molar-refractivity contribution >= 4 is 11.5 Å². The first kappa shape index (κ1) is 14.3. The number of hydrogen-bond acceptors (Lipinski definition) is 5. The van der Waals surface area contributed by atoms with Gasteiger partial charge in [-0.25, -0.2) is 9.97 Å². The third-order valence-electron chi connectivity index (χ3n) is 3.20. The van der Waals surface area contributed by atoms with Gasteiger partial charge in [-0.15, -0.1) is 0 Å². The Bertz CT molecular complexity index is 527. The molecule has 2 aliphatic rings. The Morgan fingerprint density at radius 3 is 2.74 bits per heavy atom. The summed E-state index contributed by atoms with van der Waals surface area (Å²) in [5.41, 5.74) is 1.77. The van der Waals surface area contributed by atoms with Gasteiger partial charge in [0, 0.05) is 11.6 Å². The summed E-state index contributed by atoms with van der Waals surface area (Å²) in [6, 6.07) is 1.54. The van der Waals surface area contributed by atoms with E-state index in [1.165, 1.54) is 6.07 Å². The van der Waals surface area contributed by atoms with E-state index in [-0.39, 0.29) is 24.6 Å². The molecule has 0 saturated heterocycles. The van der Waals surface area contributed by atoms with Crippen LogP contribution >= 0.6 is 0 Å². The molecule has 1 aromatic rings. The molecule has 1 aliphatic heterocycles. The maximum absolute atomic E-state index is 11.0. The van der Waals surface area contributed by atoms with Crippen molar-refractivity contribution < 1.29 is 33.5 Å². The zero-order valence-electron chi connectivity index (χ0n) is 10.9. The number of aromatic nitrogens is 2. The predicted octanol–water partition coefficient (Wildman–Crippen LogP) is -2.47. The topological polar surface area (TPSA) is 75.1 Å². The Morgan fingerprint density at radius 1 is 1.37 bits per heavy atom. The van der Waals surface area contributed by atoms with Crippen LogP contribution in [0, 0.1) is 0 Å². The van der Waals surface area contributed by atoms with Crippen LogP contribution in [0.1, 0.15) is 47.2 Å². The number of nitrogens with zero attached hydrogens (tertiary/aromatic N) is 2. The minimum Gasteiger partial charge on any atom is -0.543 e. The van der Waals surface area contributed by atoms with Crippen LogP contribution in [0.2, 0.25) is 0 Å². The molecule has 94 valence electrons. The van der Waals surface area contributed by atoms with Gasteiger partial charge in [-0.2, -0.15) is 0 Å². The number of carbonyl (C=O) groups excluding carboxylic acids is 1. The molecule has 1 fully saturated rings. The van der Waals surface area contributed by atoms with E-state index in [2.05, 4.69) is 9.97 Å². The van der Waals surface area contributed by atoms with Crippen molar-refractivity contribution in [1.29, 1.82) is 0 Å². The largest absolute Gasteiger partial charge is 1.00 e. The van der Waals surface area contributed by atoms with Crippen LogP contribution in [-0.4, -0.2) is 29.2 Å². The van der Waals surface area contributed by atoms with E-state index in [1.807, 2.05) is 6.08 Å². The molecule has 0 atom stereocenters. The summed E-state index contributed by atoms with van der Waals surface area (Å²) in [6.45, 7) is 1.16. The van der Waals surface area contributed by atoms with Crippen LogP contribution in [0.15, 0.2) is 12.1 Å². The third-order valence-corrected chi connectivity index (χ3v) is 3.20. The summed E-state index contributed by atoms with van der Waals surface area (Å²) < 4.78 is 5.23. The SMILES string of the molecule is O=C([O-])c1cc(C2CC2)nc(C2=CCOCC2)n1.[Li+]. The Labute approximate surface area is 123 Å². The van der Waals surface area contributed by atoms with Gasteiger partial charge in [-0.3, -0.25) is 0 Å². The fourth-order valence-electron chi connectivity index (χ4n) is 2.03. The Hall–Kier alpha value is -1.15. The van der Waals surface area contributed by atoms with E-state index in [4.69, 9.17) is 4.74 Å². The zero-order valence-corrected chi connectivity index (χ0v) is 10.9. The van der Waals surface area contributed by atoms with E-state index in [1.54, 1.807) is 0 Å². The number of rotatable bonds is 3. The molecule has 0 amide bonds. The minimum absolute atomic E-state index is 0. The van der Waals surface area contributed by atoms with Crippen molar-refractivity contribution in [2.24, 2.45) is 0 Å². The summed E-state index contributed by atoms with van der Waals surface area (Å²) in [5.74, 6) is -0.333. The van der Waals surface area contributed by atoms with Crippen molar-refractivity contribution in [3.63, 3.8) is 0 Å². The van der Waals surface area contributed by atoms with Gasteiger partial charge in [0.1, 0.15) is 0 Å². The molecule has 0 N–H and O–H groups in total. The Kier molecular flexibility index (Phi) is 4.41. The van der Waals surface area contributed by atoms with E-state index < -0.39 is 5.97 Å². The smallest absolute Gasteiger partial charge is 0.543 e. The molecule has 0 unspecified atom stereocenters. The van der Waals surface area contributed by atoms with Crippen molar-refractivity contribution in [1.82, 2.24) is 9.97 Å². The van der Waals surface area contributed by atoms with Gasteiger partial charge in [0.15, 0.2) is 5.82 Å². The molecule has 3 rings (SSSR count).